The molecule has 21 heavy (non-hydrogen) atoms. The third kappa shape index (κ3) is 3.66. The van der Waals surface area contributed by atoms with Crippen LogP contribution in [-0.2, 0) is 10.9 Å². The molecule has 1 heterocycles. The van der Waals surface area contributed by atoms with E-state index >= 15 is 0 Å². The third-order valence-electron chi connectivity index (χ3n) is 3.36. The Hall–Kier alpha value is -1.76. The van der Waals surface area contributed by atoms with Gasteiger partial charge in [-0.2, -0.15) is 13.2 Å². The molecule has 1 aliphatic heterocycles. The quantitative estimate of drug-likeness (QED) is 0.913. The first-order valence-corrected chi connectivity index (χ1v) is 6.69. The minimum atomic E-state index is -4.47. The molecule has 0 unspecified atom stereocenters. The van der Waals surface area contributed by atoms with Gasteiger partial charge in [0.1, 0.15) is 0 Å². The van der Waals surface area contributed by atoms with Gasteiger partial charge in [0.05, 0.1) is 17.7 Å². The van der Waals surface area contributed by atoms with E-state index in [2.05, 4.69) is 5.32 Å². The van der Waals surface area contributed by atoms with Crippen molar-refractivity contribution in [1.82, 2.24) is 4.90 Å². The van der Waals surface area contributed by atoms with Crippen LogP contribution in [0.5, 0.6) is 0 Å². The van der Waals surface area contributed by atoms with E-state index < -0.39 is 17.6 Å². The molecule has 0 spiro atoms. The normalized spacial score (nSPS) is 16.5. The molecule has 1 N–H and O–H groups in total. The van der Waals surface area contributed by atoms with Crippen molar-refractivity contribution in [2.45, 2.75) is 12.6 Å². The number of nitrogens with zero attached hydrogens (tertiary/aromatic N) is 1. The number of amides is 1. The second kappa shape index (κ2) is 6.34. The first kappa shape index (κ1) is 15.6. The molecule has 1 aliphatic rings. The molecule has 0 aromatic heterocycles. The van der Waals surface area contributed by atoms with Crippen molar-refractivity contribution in [3.8, 4) is 0 Å². The average molecular weight is 302 g/mol. The Balaban J connectivity index is 2.33. The van der Waals surface area contributed by atoms with Gasteiger partial charge >= 0.3 is 6.18 Å². The third-order valence-corrected chi connectivity index (χ3v) is 3.36. The van der Waals surface area contributed by atoms with Crippen molar-refractivity contribution < 1.29 is 22.7 Å². The molecule has 4 nitrogen and oxygen atoms in total. The molecule has 0 bridgehead atoms. The minimum absolute atomic E-state index is 0.0363. The van der Waals surface area contributed by atoms with E-state index in [-0.39, 0.29) is 5.56 Å². The number of anilines is 1. The van der Waals surface area contributed by atoms with Crippen LogP contribution in [-0.4, -0.2) is 44.2 Å². The highest BCUT2D eigenvalue weighted by Gasteiger charge is 2.32. The van der Waals surface area contributed by atoms with Crippen LogP contribution < -0.4 is 5.32 Å². The maximum Gasteiger partial charge on any atom is 0.416 e. The van der Waals surface area contributed by atoms with Crippen molar-refractivity contribution in [1.29, 1.82) is 0 Å². The van der Waals surface area contributed by atoms with Crippen molar-refractivity contribution in [3.05, 3.63) is 29.3 Å². The first-order valence-electron chi connectivity index (χ1n) is 6.69. The average Bonchev–Trinajstić information content (AvgIpc) is 2.74. The van der Waals surface area contributed by atoms with Gasteiger partial charge in [-0.3, -0.25) is 4.79 Å². The summed E-state index contributed by atoms with van der Waals surface area (Å²) in [6.45, 7) is 1.83. The van der Waals surface area contributed by atoms with Gasteiger partial charge in [-0.15, -0.1) is 0 Å². The molecule has 0 aliphatic carbocycles. The summed E-state index contributed by atoms with van der Waals surface area (Å²) in [4.78, 5) is 14.0. The van der Waals surface area contributed by atoms with E-state index in [9.17, 15) is 18.0 Å². The molecule has 1 saturated heterocycles. The van der Waals surface area contributed by atoms with Gasteiger partial charge < -0.3 is 15.0 Å². The number of carbonyl (C=O) groups excluding carboxylic acids is 1. The van der Waals surface area contributed by atoms with Gasteiger partial charge in [0.15, 0.2) is 0 Å². The van der Waals surface area contributed by atoms with Crippen LogP contribution in [0.15, 0.2) is 18.2 Å². The topological polar surface area (TPSA) is 41.6 Å². The van der Waals surface area contributed by atoms with E-state index in [1.54, 1.807) is 7.05 Å². The van der Waals surface area contributed by atoms with Crippen LogP contribution in [0.3, 0.4) is 0 Å². The summed E-state index contributed by atoms with van der Waals surface area (Å²) >= 11 is 0. The number of alkyl halides is 3. The smallest absolute Gasteiger partial charge is 0.387 e. The number of carbonyl (C=O) groups is 1. The summed E-state index contributed by atoms with van der Waals surface area (Å²) < 4.78 is 43.7. The zero-order valence-electron chi connectivity index (χ0n) is 11.7. The highest BCUT2D eigenvalue weighted by Crippen LogP contribution is 2.32. The zero-order chi connectivity index (χ0) is 15.5. The van der Waals surface area contributed by atoms with E-state index in [0.29, 0.717) is 38.4 Å². The number of nitrogens with one attached hydrogen (secondary N) is 1. The van der Waals surface area contributed by atoms with Gasteiger partial charge in [0.25, 0.3) is 5.91 Å². The fourth-order valence-electron chi connectivity index (χ4n) is 2.24. The Kier molecular flexibility index (Phi) is 4.72. The van der Waals surface area contributed by atoms with Crippen LogP contribution in [0.1, 0.15) is 22.3 Å². The number of benzene rings is 1. The number of hydrogen-bond donors (Lipinski definition) is 1. The highest BCUT2D eigenvalue weighted by molar-refractivity contribution is 5.99. The van der Waals surface area contributed by atoms with Gasteiger partial charge in [-0.25, -0.2) is 0 Å². The Morgan fingerprint density at radius 3 is 2.71 bits per heavy atom. The summed E-state index contributed by atoms with van der Waals surface area (Å²) in [5, 5.41) is 2.76. The van der Waals surface area contributed by atoms with E-state index in [1.165, 1.54) is 11.0 Å². The molecular formula is C14H17F3N2O2. The van der Waals surface area contributed by atoms with Crippen molar-refractivity contribution in [2.75, 3.05) is 38.7 Å². The molecule has 1 aromatic rings. The fraction of sp³-hybridized carbons (Fsp3) is 0.500. The molecule has 0 saturated carbocycles. The summed E-state index contributed by atoms with van der Waals surface area (Å²) in [5.41, 5.74) is -0.400. The number of halogens is 3. The molecule has 1 aromatic carbocycles. The predicted octanol–water partition coefficient (Wildman–Crippen LogP) is 2.61. The zero-order valence-corrected chi connectivity index (χ0v) is 11.7. The van der Waals surface area contributed by atoms with Crippen molar-refractivity contribution in [3.63, 3.8) is 0 Å². The van der Waals surface area contributed by atoms with Gasteiger partial charge in [0, 0.05) is 32.4 Å². The molecule has 116 valence electrons. The largest absolute Gasteiger partial charge is 0.416 e. The van der Waals surface area contributed by atoms with Gasteiger partial charge in [-0.1, -0.05) is 0 Å². The monoisotopic (exact) mass is 302 g/mol. The standard InChI is InChI=1S/C14H17F3N2O2/c1-18-12-4-3-10(14(15,16)17)9-11(12)13(20)19-5-2-7-21-8-6-19/h3-4,9,18H,2,5-8H2,1H3. The van der Waals surface area contributed by atoms with Crippen molar-refractivity contribution >= 4 is 11.6 Å². The molecule has 1 fully saturated rings. The summed E-state index contributed by atoms with van der Waals surface area (Å²) in [7, 11) is 1.57. The lowest BCUT2D eigenvalue weighted by Gasteiger charge is -2.22. The first-order chi connectivity index (χ1) is 9.93. The minimum Gasteiger partial charge on any atom is -0.387 e. The second-order valence-corrected chi connectivity index (χ2v) is 4.77. The number of rotatable bonds is 2. The Morgan fingerprint density at radius 2 is 2.05 bits per heavy atom. The highest BCUT2D eigenvalue weighted by atomic mass is 19.4. The second-order valence-electron chi connectivity index (χ2n) is 4.77. The summed E-state index contributed by atoms with van der Waals surface area (Å²) in [6.07, 6.45) is -3.79. The number of ether oxygens (including phenoxy) is 1. The van der Waals surface area contributed by atoms with Crippen LogP contribution in [0.25, 0.3) is 0 Å². The molecule has 1 amide bonds. The van der Waals surface area contributed by atoms with Gasteiger partial charge in [-0.05, 0) is 24.6 Å². The summed E-state index contributed by atoms with van der Waals surface area (Å²) in [5.74, 6) is -0.407. The number of hydrogen-bond acceptors (Lipinski definition) is 3. The lowest BCUT2D eigenvalue weighted by atomic mass is 10.1. The molecule has 7 heteroatoms. The molecule has 2 rings (SSSR count). The van der Waals surface area contributed by atoms with Crippen LogP contribution >= 0.6 is 0 Å². The molecule has 0 atom stereocenters. The van der Waals surface area contributed by atoms with Gasteiger partial charge in [0.2, 0.25) is 0 Å². The lowest BCUT2D eigenvalue weighted by Crippen LogP contribution is -2.33. The fourth-order valence-corrected chi connectivity index (χ4v) is 2.24. The van der Waals surface area contributed by atoms with E-state index in [4.69, 9.17) is 4.74 Å². The molecule has 0 radical (unpaired) electrons. The van der Waals surface area contributed by atoms with Crippen LogP contribution in [0.4, 0.5) is 18.9 Å². The Bertz CT molecular complexity index is 509. The maximum atomic E-state index is 12.8. The Labute approximate surface area is 120 Å². The van der Waals surface area contributed by atoms with E-state index in [0.717, 1.165) is 12.1 Å². The van der Waals surface area contributed by atoms with Crippen LogP contribution in [0, 0.1) is 0 Å². The molecular weight excluding hydrogens is 285 g/mol. The Morgan fingerprint density at radius 1 is 1.29 bits per heavy atom. The summed E-state index contributed by atoms with van der Waals surface area (Å²) in [6, 6.07) is 3.15. The lowest BCUT2D eigenvalue weighted by molar-refractivity contribution is -0.137. The maximum absolute atomic E-state index is 12.8. The SMILES string of the molecule is CNc1ccc(C(F)(F)F)cc1C(=O)N1CCCOCC1. The van der Waals surface area contributed by atoms with Crippen LogP contribution in [0.2, 0.25) is 0 Å². The predicted molar refractivity (Wildman–Crippen MR) is 72.3 cm³/mol. The van der Waals surface area contributed by atoms with Crippen molar-refractivity contribution in [2.24, 2.45) is 0 Å². The van der Waals surface area contributed by atoms with E-state index in [1.807, 2.05) is 0 Å².